The molecular weight excluding hydrogens is 384 g/mol. The fourth-order valence-electron chi connectivity index (χ4n) is 3.32. The van der Waals surface area contributed by atoms with Crippen molar-refractivity contribution in [3.05, 3.63) is 45.1 Å². The van der Waals surface area contributed by atoms with Crippen molar-refractivity contribution >= 4 is 39.8 Å². The maximum Gasteiger partial charge on any atom is 0.276 e. The van der Waals surface area contributed by atoms with Gasteiger partial charge in [-0.15, -0.1) is 17.9 Å². The van der Waals surface area contributed by atoms with Crippen LogP contribution in [0.1, 0.15) is 56.7 Å². The van der Waals surface area contributed by atoms with Gasteiger partial charge in [-0.3, -0.25) is 14.3 Å². The molecule has 0 atom stereocenters. The number of nitrogens with zero attached hydrogens (tertiary/aromatic N) is 2. The van der Waals surface area contributed by atoms with Crippen molar-refractivity contribution < 1.29 is 9.59 Å². The Labute approximate surface area is 167 Å². The van der Waals surface area contributed by atoms with Gasteiger partial charge in [0.1, 0.15) is 10.7 Å². The summed E-state index contributed by atoms with van der Waals surface area (Å²) in [7, 11) is 0. The molecule has 1 aliphatic carbocycles. The third-order valence-electron chi connectivity index (χ3n) is 4.60. The number of rotatable bonds is 6. The maximum atomic E-state index is 12.9. The van der Waals surface area contributed by atoms with Gasteiger partial charge in [0.2, 0.25) is 0 Å². The van der Waals surface area contributed by atoms with Crippen LogP contribution in [0.15, 0.2) is 12.7 Å². The molecule has 6 nitrogen and oxygen atoms in total. The van der Waals surface area contributed by atoms with Crippen molar-refractivity contribution in [1.29, 1.82) is 0 Å². The minimum atomic E-state index is -0.348. The van der Waals surface area contributed by atoms with E-state index in [1.54, 1.807) is 17.7 Å². The highest BCUT2D eigenvalue weighted by atomic mass is 35.5. The molecule has 3 rings (SSSR count). The molecule has 1 aliphatic rings. The summed E-state index contributed by atoms with van der Waals surface area (Å²) in [4.78, 5) is 26.8. The van der Waals surface area contributed by atoms with Crippen molar-refractivity contribution in [2.24, 2.45) is 0 Å². The Kier molecular flexibility index (Phi) is 6.01. The first-order chi connectivity index (χ1) is 13.0. The Bertz CT molecular complexity index is 900. The third kappa shape index (κ3) is 3.80. The zero-order valence-corrected chi connectivity index (χ0v) is 17.1. The smallest absolute Gasteiger partial charge is 0.276 e. The number of nitrogens with one attached hydrogen (secondary N) is 2. The highest BCUT2D eigenvalue weighted by molar-refractivity contribution is 7.17. The van der Waals surface area contributed by atoms with Gasteiger partial charge in [-0.2, -0.15) is 5.10 Å². The predicted octanol–water partition coefficient (Wildman–Crippen LogP) is 3.97. The molecule has 0 fully saturated rings. The highest BCUT2D eigenvalue weighted by Crippen LogP contribution is 2.38. The van der Waals surface area contributed by atoms with Crippen molar-refractivity contribution in [1.82, 2.24) is 15.1 Å². The molecule has 27 heavy (non-hydrogen) atoms. The molecule has 2 amide bonds. The lowest BCUT2D eigenvalue weighted by molar-refractivity contribution is 0.0958. The largest absolute Gasteiger partial charge is 0.348 e. The molecule has 0 saturated heterocycles. The van der Waals surface area contributed by atoms with Crippen LogP contribution >= 0.6 is 22.9 Å². The van der Waals surface area contributed by atoms with Crippen LogP contribution in [-0.4, -0.2) is 28.1 Å². The SMILES string of the molecule is C=CCNC(=O)c1c(NC(=O)c2c(Cl)c(C)nn2CC)sc2c1CCCC2. The Morgan fingerprint density at radius 2 is 2.07 bits per heavy atom. The van der Waals surface area contributed by atoms with Crippen LogP contribution < -0.4 is 10.6 Å². The highest BCUT2D eigenvalue weighted by Gasteiger charge is 2.28. The van der Waals surface area contributed by atoms with Crippen molar-refractivity contribution in [2.45, 2.75) is 46.1 Å². The monoisotopic (exact) mass is 406 g/mol. The van der Waals surface area contributed by atoms with Crippen LogP contribution in [0.4, 0.5) is 5.00 Å². The van der Waals surface area contributed by atoms with E-state index in [1.165, 1.54) is 16.2 Å². The molecular formula is C19H23ClN4O2S. The Hall–Kier alpha value is -2.12. The fraction of sp³-hybridized carbons (Fsp3) is 0.421. The van der Waals surface area contributed by atoms with Crippen molar-refractivity contribution in [3.63, 3.8) is 0 Å². The molecule has 8 heteroatoms. The van der Waals surface area contributed by atoms with Gasteiger partial charge in [-0.05, 0) is 45.1 Å². The molecule has 0 spiro atoms. The predicted molar refractivity (Wildman–Crippen MR) is 109 cm³/mol. The summed E-state index contributed by atoms with van der Waals surface area (Å²) in [5, 5.41) is 11.0. The van der Waals surface area contributed by atoms with Crippen LogP contribution in [-0.2, 0) is 19.4 Å². The average molecular weight is 407 g/mol. The first-order valence-corrected chi connectivity index (χ1v) is 10.2. The normalized spacial score (nSPS) is 13.1. The lowest BCUT2D eigenvalue weighted by atomic mass is 9.95. The third-order valence-corrected chi connectivity index (χ3v) is 6.26. The summed E-state index contributed by atoms with van der Waals surface area (Å²) >= 11 is 7.78. The van der Waals surface area contributed by atoms with E-state index < -0.39 is 0 Å². The molecule has 2 aromatic heterocycles. The maximum absolute atomic E-state index is 12.9. The number of hydrogen-bond acceptors (Lipinski definition) is 4. The fourth-order valence-corrected chi connectivity index (χ4v) is 4.82. The molecule has 144 valence electrons. The second-order valence-electron chi connectivity index (χ2n) is 6.43. The number of thiophene rings is 1. The molecule has 0 aromatic carbocycles. The minimum Gasteiger partial charge on any atom is -0.348 e. The van der Waals surface area contributed by atoms with Crippen molar-refractivity contribution in [2.75, 3.05) is 11.9 Å². The van der Waals surface area contributed by atoms with Crippen LogP contribution in [0.5, 0.6) is 0 Å². The first kappa shape index (κ1) is 19.6. The summed E-state index contributed by atoms with van der Waals surface area (Å²) in [6.07, 6.45) is 5.57. The Morgan fingerprint density at radius 1 is 1.33 bits per heavy atom. The lowest BCUT2D eigenvalue weighted by Gasteiger charge is -2.13. The number of halogens is 1. The summed E-state index contributed by atoms with van der Waals surface area (Å²) in [6, 6.07) is 0. The number of fused-ring (bicyclic) bond motifs is 1. The minimum absolute atomic E-state index is 0.184. The topological polar surface area (TPSA) is 76.0 Å². The number of aryl methyl sites for hydroxylation is 3. The second kappa shape index (κ2) is 8.27. The van der Waals surface area contributed by atoms with E-state index in [9.17, 15) is 9.59 Å². The summed E-state index contributed by atoms with van der Waals surface area (Å²) < 4.78 is 1.58. The molecule has 0 radical (unpaired) electrons. The van der Waals surface area contributed by atoms with E-state index in [4.69, 9.17) is 11.6 Å². The Morgan fingerprint density at radius 3 is 2.78 bits per heavy atom. The van der Waals surface area contributed by atoms with Gasteiger partial charge < -0.3 is 10.6 Å². The molecule has 0 unspecified atom stereocenters. The summed E-state index contributed by atoms with van der Waals surface area (Å²) in [6.45, 7) is 8.22. The first-order valence-electron chi connectivity index (χ1n) is 9.05. The average Bonchev–Trinajstić information content (AvgIpc) is 3.16. The van der Waals surface area contributed by atoms with Crippen LogP contribution in [0, 0.1) is 6.92 Å². The molecule has 2 N–H and O–H groups in total. The number of carbonyl (C=O) groups excluding carboxylic acids is 2. The quantitative estimate of drug-likeness (QED) is 0.712. The number of carbonyl (C=O) groups is 2. The second-order valence-corrected chi connectivity index (χ2v) is 7.91. The van der Waals surface area contributed by atoms with Crippen LogP contribution in [0.3, 0.4) is 0 Å². The van der Waals surface area contributed by atoms with E-state index in [0.29, 0.717) is 40.1 Å². The summed E-state index contributed by atoms with van der Waals surface area (Å²) in [5.74, 6) is -0.533. The van der Waals surface area contributed by atoms with Gasteiger partial charge >= 0.3 is 0 Å². The van der Waals surface area contributed by atoms with Gasteiger partial charge in [-0.25, -0.2) is 0 Å². The van der Waals surface area contributed by atoms with Gasteiger partial charge in [-0.1, -0.05) is 17.7 Å². The van der Waals surface area contributed by atoms with E-state index >= 15 is 0 Å². The molecule has 0 aliphatic heterocycles. The summed E-state index contributed by atoms with van der Waals surface area (Å²) in [5.41, 5.74) is 2.55. The van der Waals surface area contributed by atoms with Crippen molar-refractivity contribution in [3.8, 4) is 0 Å². The van der Waals surface area contributed by atoms with Crippen LogP contribution in [0.25, 0.3) is 0 Å². The zero-order chi connectivity index (χ0) is 19.6. The lowest BCUT2D eigenvalue weighted by Crippen LogP contribution is -2.26. The van der Waals surface area contributed by atoms with Gasteiger partial charge in [0.25, 0.3) is 11.8 Å². The molecule has 0 bridgehead atoms. The molecule has 2 aromatic rings. The van der Waals surface area contributed by atoms with E-state index in [2.05, 4.69) is 22.3 Å². The van der Waals surface area contributed by atoms with E-state index in [0.717, 1.165) is 31.2 Å². The number of hydrogen-bond donors (Lipinski definition) is 2. The Balaban J connectivity index is 1.97. The molecule has 2 heterocycles. The van der Waals surface area contributed by atoms with Gasteiger partial charge in [0.15, 0.2) is 0 Å². The van der Waals surface area contributed by atoms with Gasteiger partial charge in [0, 0.05) is 18.0 Å². The number of aromatic nitrogens is 2. The number of anilines is 1. The number of amides is 2. The van der Waals surface area contributed by atoms with Crippen LogP contribution in [0.2, 0.25) is 5.02 Å². The molecule has 0 saturated carbocycles. The standard InChI is InChI=1S/C19H23ClN4O2S/c1-4-10-21-17(25)14-12-8-6-7-9-13(12)27-19(14)22-18(26)16-15(20)11(3)23-24(16)5-2/h4H,1,5-10H2,2-3H3,(H,21,25)(H,22,26). The van der Waals surface area contributed by atoms with Gasteiger partial charge in [0.05, 0.1) is 16.3 Å². The zero-order valence-electron chi connectivity index (χ0n) is 15.5. The van der Waals surface area contributed by atoms with E-state index in [1.807, 2.05) is 6.92 Å². The van der Waals surface area contributed by atoms with E-state index in [-0.39, 0.29) is 11.8 Å².